The average molecular weight is 598 g/mol. The molecule has 4 rings (SSSR count). The molecule has 2 N–H and O–H groups in total. The number of carbonyl (C=O) groups excluding carboxylic acids is 1. The van der Waals surface area contributed by atoms with E-state index in [9.17, 15) is 15.0 Å². The zero-order valence-corrected chi connectivity index (χ0v) is 24.9. The van der Waals surface area contributed by atoms with Crippen LogP contribution in [0, 0.1) is 0 Å². The Morgan fingerprint density at radius 2 is 1.71 bits per heavy atom. The predicted molar refractivity (Wildman–Crippen MR) is 154 cm³/mol. The number of rotatable bonds is 9. The maximum absolute atomic E-state index is 13.0. The molecule has 0 saturated carbocycles. The third-order valence-corrected chi connectivity index (χ3v) is 6.30. The van der Waals surface area contributed by atoms with E-state index in [1.165, 1.54) is 25.3 Å². The van der Waals surface area contributed by atoms with Crippen molar-refractivity contribution in [2.75, 3.05) is 20.8 Å². The molecule has 0 aliphatic rings. The lowest BCUT2D eigenvalue weighted by Gasteiger charge is -2.27. The lowest BCUT2D eigenvalue weighted by atomic mass is 9.97. The number of halogens is 1. The number of aromatic nitrogens is 4. The van der Waals surface area contributed by atoms with Crippen molar-refractivity contribution < 1.29 is 33.6 Å². The van der Waals surface area contributed by atoms with Gasteiger partial charge in [-0.2, -0.15) is 0 Å². The number of hydrogen-bond acceptors (Lipinski definition) is 11. The van der Waals surface area contributed by atoms with Crippen LogP contribution in [0.5, 0.6) is 23.1 Å². The summed E-state index contributed by atoms with van der Waals surface area (Å²) in [5.41, 5.74) is 0.308. The molecule has 4 aromatic rings. The number of carbonyl (C=O) groups is 1. The largest absolute Gasteiger partial charge is 0.506 e. The summed E-state index contributed by atoms with van der Waals surface area (Å²) in [6, 6.07) is 8.49. The monoisotopic (exact) mass is 597 g/mol. The second-order valence-electron chi connectivity index (χ2n) is 10.2. The molecule has 0 spiro atoms. The van der Waals surface area contributed by atoms with Crippen LogP contribution < -0.4 is 9.47 Å². The molecule has 13 heteroatoms. The number of aromatic hydroxyl groups is 2. The van der Waals surface area contributed by atoms with Gasteiger partial charge in [0.25, 0.3) is 5.89 Å². The fraction of sp³-hybridized carbons (Fsp3) is 0.345. The molecule has 1 amide bonds. The third kappa shape index (κ3) is 6.65. The van der Waals surface area contributed by atoms with Gasteiger partial charge in [-0.3, -0.25) is 4.98 Å². The molecule has 12 nitrogen and oxygen atoms in total. The van der Waals surface area contributed by atoms with E-state index in [2.05, 4.69) is 20.2 Å². The van der Waals surface area contributed by atoms with Gasteiger partial charge in [0, 0.05) is 18.4 Å². The van der Waals surface area contributed by atoms with E-state index in [4.69, 9.17) is 30.2 Å². The lowest BCUT2D eigenvalue weighted by Crippen LogP contribution is -2.36. The summed E-state index contributed by atoms with van der Waals surface area (Å²) in [5, 5.41) is 31.4. The Labute approximate surface area is 247 Å². The molecule has 0 fully saturated rings. The molecular formula is C29H32ClN5O7. The van der Waals surface area contributed by atoms with E-state index in [-0.39, 0.29) is 48.1 Å². The summed E-state index contributed by atoms with van der Waals surface area (Å²) in [6.07, 6.45) is 1.09. The van der Waals surface area contributed by atoms with Crippen LogP contribution in [0.4, 0.5) is 4.79 Å². The van der Waals surface area contributed by atoms with Crippen molar-refractivity contribution in [3.8, 4) is 45.7 Å². The standard InChI is InChI=1S/C29H32ClN5O7/c1-7-35(28(38)42-29(2,3)4)15-18-22(23-19(39-5)9-8-10-20(23)40-6)25(36)24(26(37)32-18)27-34-33-21(41-27)13-17-12-11-16(30)14-31-17/h8-12,14H,7,13,15H2,1-6H3,(H2,32,36,37). The SMILES string of the molecule is CCN(Cc1nc(O)c(-c2nnc(Cc3ccc(Cl)cn3)o2)c(O)c1-c1c(OC)cccc1OC)C(=O)OC(C)(C)C. The number of ether oxygens (including phenoxy) is 3. The number of methoxy groups -OCH3 is 2. The molecule has 0 radical (unpaired) electrons. The van der Waals surface area contributed by atoms with Crippen molar-refractivity contribution in [1.29, 1.82) is 0 Å². The van der Waals surface area contributed by atoms with E-state index >= 15 is 0 Å². The van der Waals surface area contributed by atoms with Gasteiger partial charge < -0.3 is 33.7 Å². The van der Waals surface area contributed by atoms with Gasteiger partial charge >= 0.3 is 6.09 Å². The second kappa shape index (κ2) is 12.5. The maximum atomic E-state index is 13.0. The van der Waals surface area contributed by atoms with Gasteiger partial charge in [-0.25, -0.2) is 9.78 Å². The first-order valence-electron chi connectivity index (χ1n) is 13.0. The molecule has 3 heterocycles. The Balaban J connectivity index is 1.86. The average Bonchev–Trinajstić information content (AvgIpc) is 3.39. The highest BCUT2D eigenvalue weighted by Gasteiger charge is 2.31. The van der Waals surface area contributed by atoms with Gasteiger partial charge in [0.15, 0.2) is 0 Å². The highest BCUT2D eigenvalue weighted by molar-refractivity contribution is 6.30. The Bertz CT molecular complexity index is 1550. The number of nitrogens with zero attached hydrogens (tertiary/aromatic N) is 5. The van der Waals surface area contributed by atoms with Crippen molar-refractivity contribution in [2.24, 2.45) is 0 Å². The first-order chi connectivity index (χ1) is 19.9. The molecule has 0 saturated heterocycles. The van der Waals surface area contributed by atoms with Crippen LogP contribution in [0.15, 0.2) is 40.9 Å². The van der Waals surface area contributed by atoms with Crippen molar-refractivity contribution >= 4 is 17.7 Å². The van der Waals surface area contributed by atoms with Crippen molar-refractivity contribution in [3.63, 3.8) is 0 Å². The highest BCUT2D eigenvalue weighted by atomic mass is 35.5. The molecule has 222 valence electrons. The van der Waals surface area contributed by atoms with Gasteiger partial charge in [-0.05, 0) is 52.0 Å². The fourth-order valence-electron chi connectivity index (χ4n) is 4.18. The molecule has 3 aromatic heterocycles. The van der Waals surface area contributed by atoms with Crippen LogP contribution in [0.2, 0.25) is 5.02 Å². The van der Waals surface area contributed by atoms with Gasteiger partial charge in [-0.1, -0.05) is 17.7 Å². The molecule has 0 aliphatic carbocycles. The van der Waals surface area contributed by atoms with Crippen molar-refractivity contribution in [3.05, 3.63) is 58.8 Å². The number of benzene rings is 1. The number of pyridine rings is 2. The van der Waals surface area contributed by atoms with Crippen LogP contribution in [-0.4, -0.2) is 67.7 Å². The highest BCUT2D eigenvalue weighted by Crippen LogP contribution is 2.49. The first kappa shape index (κ1) is 30.4. The quantitative estimate of drug-likeness (QED) is 0.247. The molecular weight excluding hydrogens is 566 g/mol. The molecule has 1 aromatic carbocycles. The first-order valence-corrected chi connectivity index (χ1v) is 13.4. The Kier molecular flexibility index (Phi) is 9.05. The van der Waals surface area contributed by atoms with E-state index < -0.39 is 23.3 Å². The van der Waals surface area contributed by atoms with Crippen LogP contribution in [0.1, 0.15) is 45.0 Å². The third-order valence-electron chi connectivity index (χ3n) is 6.08. The second-order valence-corrected chi connectivity index (χ2v) is 10.6. The number of hydrogen-bond donors (Lipinski definition) is 2. The smallest absolute Gasteiger partial charge is 0.410 e. The Morgan fingerprint density at radius 3 is 2.29 bits per heavy atom. The summed E-state index contributed by atoms with van der Waals surface area (Å²) in [7, 11) is 2.94. The van der Waals surface area contributed by atoms with E-state index in [1.807, 2.05) is 0 Å². The maximum Gasteiger partial charge on any atom is 0.410 e. The normalized spacial score (nSPS) is 11.3. The van der Waals surface area contributed by atoms with Crippen molar-refractivity contribution in [2.45, 2.75) is 46.3 Å². The molecule has 0 bridgehead atoms. The fourth-order valence-corrected chi connectivity index (χ4v) is 4.30. The van der Waals surface area contributed by atoms with Crippen LogP contribution in [0.25, 0.3) is 22.6 Å². The minimum absolute atomic E-state index is 0.124. The molecule has 0 atom stereocenters. The van der Waals surface area contributed by atoms with Crippen LogP contribution >= 0.6 is 11.6 Å². The van der Waals surface area contributed by atoms with Crippen molar-refractivity contribution in [1.82, 2.24) is 25.1 Å². The summed E-state index contributed by atoms with van der Waals surface area (Å²) < 4.78 is 22.5. The van der Waals surface area contributed by atoms with Gasteiger partial charge in [-0.15, -0.1) is 10.2 Å². The Hall–Kier alpha value is -4.58. The topological polar surface area (TPSA) is 153 Å². The zero-order chi connectivity index (χ0) is 30.6. The molecule has 0 unspecified atom stereocenters. The molecule has 42 heavy (non-hydrogen) atoms. The summed E-state index contributed by atoms with van der Waals surface area (Å²) in [5.74, 6) is -0.307. The van der Waals surface area contributed by atoms with E-state index in [0.29, 0.717) is 27.8 Å². The number of amides is 1. The summed E-state index contributed by atoms with van der Waals surface area (Å²) >= 11 is 5.92. The van der Waals surface area contributed by atoms with Crippen LogP contribution in [0.3, 0.4) is 0 Å². The van der Waals surface area contributed by atoms with Gasteiger partial charge in [0.05, 0.1) is 49.0 Å². The van der Waals surface area contributed by atoms with E-state index in [0.717, 1.165) is 0 Å². The van der Waals surface area contributed by atoms with Crippen LogP contribution in [-0.2, 0) is 17.7 Å². The van der Waals surface area contributed by atoms with Gasteiger partial charge in [0.1, 0.15) is 28.4 Å². The predicted octanol–water partition coefficient (Wildman–Crippen LogP) is 5.62. The minimum atomic E-state index is -0.738. The minimum Gasteiger partial charge on any atom is -0.506 e. The van der Waals surface area contributed by atoms with Gasteiger partial charge in [0.2, 0.25) is 11.8 Å². The summed E-state index contributed by atoms with van der Waals surface area (Å²) in [6.45, 7) is 7.19. The van der Waals surface area contributed by atoms with E-state index in [1.54, 1.807) is 58.0 Å². The zero-order valence-electron chi connectivity index (χ0n) is 24.1. The molecule has 0 aliphatic heterocycles. The lowest BCUT2D eigenvalue weighted by molar-refractivity contribution is 0.0242. The Morgan fingerprint density at radius 1 is 1.02 bits per heavy atom. The summed E-state index contributed by atoms with van der Waals surface area (Å²) in [4.78, 5) is 23.0.